The lowest BCUT2D eigenvalue weighted by Crippen LogP contribution is -2.30. The van der Waals surface area contributed by atoms with Gasteiger partial charge in [0.05, 0.1) is 29.3 Å². The van der Waals surface area contributed by atoms with Gasteiger partial charge in [-0.25, -0.2) is 8.72 Å². The Labute approximate surface area is 116 Å². The fourth-order valence-electron chi connectivity index (χ4n) is 1.36. The van der Waals surface area contributed by atoms with Gasteiger partial charge in [0, 0.05) is 0 Å². The molecule has 0 aliphatic heterocycles. The predicted octanol–water partition coefficient (Wildman–Crippen LogP) is 3.23. The molecule has 1 aromatic rings. The first kappa shape index (κ1) is 15.0. The van der Waals surface area contributed by atoms with Crippen molar-refractivity contribution in [3.8, 4) is 0 Å². The number of halogens is 1. The topological polar surface area (TPSA) is 49.8 Å². The molecule has 18 heavy (non-hydrogen) atoms. The minimum atomic E-state index is -0.518. The highest BCUT2D eigenvalue weighted by atomic mass is 79.9. The number of benzene rings is 1. The van der Waals surface area contributed by atoms with Crippen molar-refractivity contribution >= 4 is 22.2 Å². The Balaban J connectivity index is 2.63. The van der Waals surface area contributed by atoms with Gasteiger partial charge in [0.15, 0.2) is 0 Å². The number of aliphatic hydroxyl groups is 1. The predicted molar refractivity (Wildman–Crippen MR) is 73.1 cm³/mol. The molecule has 1 aromatic carbocycles. The lowest BCUT2D eigenvalue weighted by molar-refractivity contribution is 0.0407. The molecule has 0 radical (unpaired) electrons. The van der Waals surface area contributed by atoms with E-state index in [0.717, 1.165) is 11.1 Å². The van der Waals surface area contributed by atoms with E-state index in [9.17, 15) is 4.79 Å². The van der Waals surface area contributed by atoms with E-state index < -0.39 is 11.7 Å². The molecule has 0 aliphatic carbocycles. The van der Waals surface area contributed by atoms with Crippen LogP contribution in [0, 0.1) is 0 Å². The molecule has 0 unspecified atom stereocenters. The Morgan fingerprint density at radius 3 is 2.56 bits per heavy atom. The molecule has 1 N–H and O–H groups in total. The maximum Gasteiger partial charge on any atom is 0.420 e. The van der Waals surface area contributed by atoms with Crippen LogP contribution in [0.4, 0.5) is 4.79 Å². The summed E-state index contributed by atoms with van der Waals surface area (Å²) < 4.78 is 6.55. The van der Waals surface area contributed by atoms with E-state index in [1.807, 2.05) is 45.0 Å². The molecule has 0 saturated carbocycles. The van der Waals surface area contributed by atoms with Crippen molar-refractivity contribution in [2.24, 2.45) is 0 Å². The van der Waals surface area contributed by atoms with Crippen LogP contribution in [0.2, 0.25) is 0 Å². The number of amides is 1. The van der Waals surface area contributed by atoms with Crippen molar-refractivity contribution < 1.29 is 14.6 Å². The fourth-order valence-corrected chi connectivity index (χ4v) is 1.72. The minimum absolute atomic E-state index is 0.0113. The SMILES string of the molecule is CC(C)(C)OC(=O)N(Br)Cc1cccc(CO)c1. The summed E-state index contributed by atoms with van der Waals surface area (Å²) in [6.07, 6.45) is -0.433. The van der Waals surface area contributed by atoms with Crippen LogP contribution in [0.1, 0.15) is 31.9 Å². The number of rotatable bonds is 3. The second kappa shape index (κ2) is 6.20. The van der Waals surface area contributed by atoms with Crippen molar-refractivity contribution in [2.75, 3.05) is 0 Å². The summed E-state index contributed by atoms with van der Waals surface area (Å²) >= 11 is 3.18. The van der Waals surface area contributed by atoms with Crippen molar-refractivity contribution in [3.05, 3.63) is 35.4 Å². The molecule has 0 aliphatic rings. The number of ether oxygens (including phenoxy) is 1. The number of aliphatic hydroxyl groups excluding tert-OH is 1. The number of carbonyl (C=O) groups is 1. The molecule has 1 rings (SSSR count). The van der Waals surface area contributed by atoms with E-state index in [1.165, 1.54) is 3.93 Å². The van der Waals surface area contributed by atoms with E-state index in [2.05, 4.69) is 16.1 Å². The zero-order valence-electron chi connectivity index (χ0n) is 10.8. The molecule has 0 spiro atoms. The number of nitrogens with zero attached hydrogens (tertiary/aromatic N) is 1. The molecule has 0 bridgehead atoms. The van der Waals surface area contributed by atoms with Crippen LogP contribution in [0.3, 0.4) is 0 Å². The molecular formula is C13H18BrNO3. The van der Waals surface area contributed by atoms with Gasteiger partial charge in [0.1, 0.15) is 5.60 Å². The van der Waals surface area contributed by atoms with Crippen LogP contribution < -0.4 is 0 Å². The van der Waals surface area contributed by atoms with Crippen LogP contribution in [-0.2, 0) is 17.9 Å². The van der Waals surface area contributed by atoms with Gasteiger partial charge in [0.25, 0.3) is 0 Å². The molecule has 0 fully saturated rings. The average molecular weight is 316 g/mol. The zero-order chi connectivity index (χ0) is 13.8. The van der Waals surface area contributed by atoms with Gasteiger partial charge in [-0.2, -0.15) is 0 Å². The Kier molecular flexibility index (Phi) is 5.16. The van der Waals surface area contributed by atoms with Gasteiger partial charge in [0.2, 0.25) is 0 Å². The van der Waals surface area contributed by atoms with Crippen LogP contribution in [0.25, 0.3) is 0 Å². The van der Waals surface area contributed by atoms with Gasteiger partial charge in [-0.1, -0.05) is 24.3 Å². The molecular weight excluding hydrogens is 298 g/mol. The third-order valence-corrected chi connectivity index (χ3v) is 2.63. The average Bonchev–Trinajstić information content (AvgIpc) is 2.27. The third-order valence-electron chi connectivity index (χ3n) is 2.09. The number of carbonyl (C=O) groups excluding carboxylic acids is 1. The van der Waals surface area contributed by atoms with Crippen molar-refractivity contribution in [3.63, 3.8) is 0 Å². The fraction of sp³-hybridized carbons (Fsp3) is 0.462. The monoisotopic (exact) mass is 315 g/mol. The summed E-state index contributed by atoms with van der Waals surface area (Å²) in [5, 5.41) is 9.04. The zero-order valence-corrected chi connectivity index (χ0v) is 12.4. The van der Waals surface area contributed by atoms with Crippen molar-refractivity contribution in [1.29, 1.82) is 0 Å². The van der Waals surface area contributed by atoms with Crippen molar-refractivity contribution in [2.45, 2.75) is 39.5 Å². The highest BCUT2D eigenvalue weighted by Gasteiger charge is 2.20. The third kappa shape index (κ3) is 5.06. The molecule has 0 saturated heterocycles. The molecule has 0 atom stereocenters. The van der Waals surface area contributed by atoms with E-state index in [4.69, 9.17) is 9.84 Å². The molecule has 1 amide bonds. The molecule has 0 aromatic heterocycles. The summed E-state index contributed by atoms with van der Waals surface area (Å²) in [7, 11) is 0. The van der Waals surface area contributed by atoms with E-state index in [1.54, 1.807) is 0 Å². The normalized spacial score (nSPS) is 11.2. The second-order valence-corrected chi connectivity index (χ2v) is 5.83. The Bertz CT molecular complexity index is 415. The minimum Gasteiger partial charge on any atom is -0.443 e. The van der Waals surface area contributed by atoms with Gasteiger partial charge >= 0.3 is 6.09 Å². The maximum atomic E-state index is 11.7. The smallest absolute Gasteiger partial charge is 0.420 e. The Hall–Kier alpha value is -1.07. The summed E-state index contributed by atoms with van der Waals surface area (Å²) in [6.45, 7) is 5.82. The lowest BCUT2D eigenvalue weighted by atomic mass is 10.1. The first-order valence-corrected chi connectivity index (χ1v) is 6.38. The highest BCUT2D eigenvalue weighted by molar-refractivity contribution is 9.07. The quantitative estimate of drug-likeness (QED) is 0.871. The van der Waals surface area contributed by atoms with Gasteiger partial charge in [-0.05, 0) is 31.9 Å². The Morgan fingerprint density at radius 1 is 1.39 bits per heavy atom. The number of hydrogen-bond donors (Lipinski definition) is 1. The summed E-state index contributed by atoms with van der Waals surface area (Å²) in [4.78, 5) is 11.7. The van der Waals surface area contributed by atoms with E-state index in [0.29, 0.717) is 6.54 Å². The largest absolute Gasteiger partial charge is 0.443 e. The summed E-state index contributed by atoms with van der Waals surface area (Å²) in [6, 6.07) is 7.41. The highest BCUT2D eigenvalue weighted by Crippen LogP contribution is 2.16. The second-order valence-electron chi connectivity index (χ2n) is 4.98. The maximum absolute atomic E-state index is 11.7. The standard InChI is InChI=1S/C13H18BrNO3/c1-13(2,3)18-12(17)15(14)8-10-5-4-6-11(7-10)9-16/h4-7,16H,8-9H2,1-3H3. The number of hydrogen-bond acceptors (Lipinski definition) is 3. The van der Waals surface area contributed by atoms with Crippen LogP contribution in [0.15, 0.2) is 24.3 Å². The van der Waals surface area contributed by atoms with Crippen molar-refractivity contribution in [1.82, 2.24) is 3.93 Å². The van der Waals surface area contributed by atoms with Crippen LogP contribution in [0.5, 0.6) is 0 Å². The summed E-state index contributed by atoms with van der Waals surface area (Å²) in [5.74, 6) is 0. The summed E-state index contributed by atoms with van der Waals surface area (Å²) in [5.41, 5.74) is 1.22. The molecule has 5 heteroatoms. The molecule has 100 valence electrons. The van der Waals surface area contributed by atoms with Gasteiger partial charge < -0.3 is 9.84 Å². The van der Waals surface area contributed by atoms with E-state index in [-0.39, 0.29) is 6.61 Å². The van der Waals surface area contributed by atoms with Crippen LogP contribution >= 0.6 is 16.1 Å². The van der Waals surface area contributed by atoms with E-state index >= 15 is 0 Å². The molecule has 0 heterocycles. The van der Waals surface area contributed by atoms with Gasteiger partial charge in [-0.15, -0.1) is 0 Å². The Morgan fingerprint density at radius 2 is 2.00 bits per heavy atom. The van der Waals surface area contributed by atoms with Gasteiger partial charge in [-0.3, -0.25) is 0 Å². The first-order chi connectivity index (χ1) is 8.31. The van der Waals surface area contributed by atoms with Crippen LogP contribution in [-0.4, -0.2) is 20.7 Å². The molecule has 4 nitrogen and oxygen atoms in total. The lowest BCUT2D eigenvalue weighted by Gasteiger charge is -2.23. The first-order valence-electron chi connectivity index (χ1n) is 5.67.